The summed E-state index contributed by atoms with van der Waals surface area (Å²) in [5, 5.41) is 5.43. The van der Waals surface area contributed by atoms with Gasteiger partial charge in [-0.3, -0.25) is 14.4 Å². The zero-order chi connectivity index (χ0) is 15.5. The summed E-state index contributed by atoms with van der Waals surface area (Å²) >= 11 is 0. The number of carbonyl (C=O) groups excluding carboxylic acids is 3. The number of rotatable bonds is 4. The van der Waals surface area contributed by atoms with Crippen LogP contribution in [0.3, 0.4) is 0 Å². The average Bonchev–Trinajstić information content (AvgIpc) is 2.96. The molecule has 0 spiro atoms. The lowest BCUT2D eigenvalue weighted by Crippen LogP contribution is -2.46. The second-order valence-corrected chi connectivity index (χ2v) is 5.62. The Morgan fingerprint density at radius 1 is 1.23 bits per heavy atom. The summed E-state index contributed by atoms with van der Waals surface area (Å²) in [6, 6.07) is 7.41. The molecule has 2 aliphatic heterocycles. The van der Waals surface area contributed by atoms with Gasteiger partial charge in [0.15, 0.2) is 0 Å². The number of anilines is 1. The fourth-order valence-corrected chi connectivity index (χ4v) is 2.97. The summed E-state index contributed by atoms with van der Waals surface area (Å²) in [6.07, 6.45) is 2.21. The minimum Gasteiger partial charge on any atom is -0.353 e. The fourth-order valence-electron chi connectivity index (χ4n) is 2.97. The number of amides is 3. The maximum Gasteiger partial charge on any atom is 0.242 e. The van der Waals surface area contributed by atoms with Gasteiger partial charge in [0, 0.05) is 31.6 Å². The Balaban J connectivity index is 1.56. The molecule has 1 atom stereocenters. The largest absolute Gasteiger partial charge is 0.353 e. The van der Waals surface area contributed by atoms with Gasteiger partial charge in [0.25, 0.3) is 0 Å². The maximum atomic E-state index is 12.1. The van der Waals surface area contributed by atoms with Crippen LogP contribution < -0.4 is 15.5 Å². The molecule has 1 unspecified atom stereocenters. The molecule has 0 aliphatic carbocycles. The van der Waals surface area contributed by atoms with Crippen molar-refractivity contribution in [3.05, 3.63) is 29.8 Å². The third-order valence-electron chi connectivity index (χ3n) is 4.14. The van der Waals surface area contributed by atoms with E-state index in [2.05, 4.69) is 10.6 Å². The van der Waals surface area contributed by atoms with E-state index in [0.717, 1.165) is 17.7 Å². The summed E-state index contributed by atoms with van der Waals surface area (Å²) in [6.45, 7) is 0.827. The Labute approximate surface area is 128 Å². The number of benzene rings is 1. The van der Waals surface area contributed by atoms with Crippen molar-refractivity contribution in [2.24, 2.45) is 0 Å². The second-order valence-electron chi connectivity index (χ2n) is 5.62. The van der Waals surface area contributed by atoms with Crippen LogP contribution in [0.15, 0.2) is 24.3 Å². The number of hydrogen-bond acceptors (Lipinski definition) is 3. The number of aryl methyl sites for hydroxylation is 1. The third-order valence-corrected chi connectivity index (χ3v) is 4.14. The number of para-hydroxylation sites is 1. The van der Waals surface area contributed by atoms with Gasteiger partial charge in [-0.15, -0.1) is 0 Å². The lowest BCUT2D eigenvalue weighted by atomic mass is 10.0. The van der Waals surface area contributed by atoms with E-state index in [1.54, 1.807) is 4.90 Å². The quantitative estimate of drug-likeness (QED) is 0.843. The molecule has 22 heavy (non-hydrogen) atoms. The Morgan fingerprint density at radius 3 is 2.82 bits per heavy atom. The number of carbonyl (C=O) groups is 3. The van der Waals surface area contributed by atoms with Gasteiger partial charge in [0.05, 0.1) is 0 Å². The van der Waals surface area contributed by atoms with Crippen LogP contribution in [-0.2, 0) is 20.8 Å². The third kappa shape index (κ3) is 2.95. The Hall–Kier alpha value is -2.37. The molecule has 6 nitrogen and oxygen atoms in total. The van der Waals surface area contributed by atoms with E-state index in [9.17, 15) is 14.4 Å². The molecule has 116 valence electrons. The van der Waals surface area contributed by atoms with E-state index in [1.165, 1.54) is 0 Å². The number of hydrogen-bond donors (Lipinski definition) is 2. The van der Waals surface area contributed by atoms with Crippen molar-refractivity contribution in [2.75, 3.05) is 18.0 Å². The molecular weight excluding hydrogens is 282 g/mol. The minimum absolute atomic E-state index is 0.0831. The van der Waals surface area contributed by atoms with E-state index in [1.807, 2.05) is 24.3 Å². The molecule has 3 rings (SSSR count). The zero-order valence-electron chi connectivity index (χ0n) is 12.3. The SMILES string of the molecule is O=C1CCC(C(=O)NCCN2C(=O)CCc3ccccc32)N1. The summed E-state index contributed by atoms with van der Waals surface area (Å²) in [4.78, 5) is 36.9. The van der Waals surface area contributed by atoms with Crippen molar-refractivity contribution in [3.8, 4) is 0 Å². The van der Waals surface area contributed by atoms with Gasteiger partial charge in [0.1, 0.15) is 6.04 Å². The van der Waals surface area contributed by atoms with Crippen LogP contribution in [0.5, 0.6) is 0 Å². The lowest BCUT2D eigenvalue weighted by Gasteiger charge is -2.29. The fraction of sp³-hybridized carbons (Fsp3) is 0.438. The zero-order valence-corrected chi connectivity index (χ0v) is 12.3. The summed E-state index contributed by atoms with van der Waals surface area (Å²) in [7, 11) is 0. The first-order chi connectivity index (χ1) is 10.6. The van der Waals surface area contributed by atoms with Gasteiger partial charge >= 0.3 is 0 Å². The van der Waals surface area contributed by atoms with Crippen LogP contribution in [0.1, 0.15) is 24.8 Å². The summed E-state index contributed by atoms with van der Waals surface area (Å²) in [5.74, 6) is -0.175. The first kappa shape index (κ1) is 14.6. The van der Waals surface area contributed by atoms with Gasteiger partial charge in [-0.2, -0.15) is 0 Å². The average molecular weight is 301 g/mol. The Bertz CT molecular complexity index is 614. The molecule has 2 N–H and O–H groups in total. The van der Waals surface area contributed by atoms with Crippen LogP contribution in [0.2, 0.25) is 0 Å². The van der Waals surface area contributed by atoms with Crippen LogP contribution in [0.25, 0.3) is 0 Å². The van der Waals surface area contributed by atoms with Crippen molar-refractivity contribution in [1.29, 1.82) is 0 Å². The molecular formula is C16H19N3O3. The smallest absolute Gasteiger partial charge is 0.242 e. The van der Waals surface area contributed by atoms with Crippen LogP contribution in [0, 0.1) is 0 Å². The first-order valence-electron chi connectivity index (χ1n) is 7.60. The van der Waals surface area contributed by atoms with Crippen molar-refractivity contribution in [2.45, 2.75) is 31.7 Å². The van der Waals surface area contributed by atoms with Crippen molar-refractivity contribution >= 4 is 23.4 Å². The number of fused-ring (bicyclic) bond motifs is 1. The van der Waals surface area contributed by atoms with Gasteiger partial charge in [-0.1, -0.05) is 18.2 Å². The van der Waals surface area contributed by atoms with E-state index >= 15 is 0 Å². The summed E-state index contributed by atoms with van der Waals surface area (Å²) < 4.78 is 0. The first-order valence-corrected chi connectivity index (χ1v) is 7.60. The van der Waals surface area contributed by atoms with Gasteiger partial charge in [-0.25, -0.2) is 0 Å². The molecule has 1 saturated heterocycles. The minimum atomic E-state index is -0.433. The van der Waals surface area contributed by atoms with E-state index < -0.39 is 6.04 Å². The molecule has 1 fully saturated rings. The van der Waals surface area contributed by atoms with Crippen LogP contribution in [-0.4, -0.2) is 36.9 Å². The van der Waals surface area contributed by atoms with E-state index in [-0.39, 0.29) is 17.7 Å². The maximum absolute atomic E-state index is 12.1. The Kier molecular flexibility index (Phi) is 4.09. The predicted octanol–water partition coefficient (Wildman–Crippen LogP) is 0.361. The van der Waals surface area contributed by atoms with Gasteiger partial charge < -0.3 is 15.5 Å². The molecule has 1 aromatic rings. The monoisotopic (exact) mass is 301 g/mol. The topological polar surface area (TPSA) is 78.5 Å². The standard InChI is InChI=1S/C16H19N3O3/c20-14-7-6-12(18-14)16(22)17-9-10-19-13-4-2-1-3-11(13)5-8-15(19)21/h1-4,12H,5-10H2,(H,17,22)(H,18,20). The highest BCUT2D eigenvalue weighted by Gasteiger charge is 2.27. The number of nitrogens with zero attached hydrogens (tertiary/aromatic N) is 1. The molecule has 0 bridgehead atoms. The van der Waals surface area contributed by atoms with Gasteiger partial charge in [-0.05, 0) is 24.5 Å². The molecule has 0 radical (unpaired) electrons. The molecule has 6 heteroatoms. The normalized spacial score (nSPS) is 20.5. The lowest BCUT2D eigenvalue weighted by molar-refractivity contribution is -0.125. The highest BCUT2D eigenvalue weighted by Crippen LogP contribution is 2.26. The van der Waals surface area contributed by atoms with Crippen LogP contribution >= 0.6 is 0 Å². The highest BCUT2D eigenvalue weighted by atomic mass is 16.2. The molecule has 3 amide bonds. The Morgan fingerprint density at radius 2 is 2.05 bits per heavy atom. The molecule has 2 heterocycles. The highest BCUT2D eigenvalue weighted by molar-refractivity contribution is 5.96. The number of nitrogens with one attached hydrogen (secondary N) is 2. The van der Waals surface area contributed by atoms with Gasteiger partial charge in [0.2, 0.25) is 17.7 Å². The molecule has 0 aromatic heterocycles. The second kappa shape index (κ2) is 6.17. The van der Waals surface area contributed by atoms with Crippen molar-refractivity contribution < 1.29 is 14.4 Å². The van der Waals surface area contributed by atoms with Crippen LogP contribution in [0.4, 0.5) is 5.69 Å². The molecule has 2 aliphatic rings. The van der Waals surface area contributed by atoms with E-state index in [0.29, 0.717) is 32.4 Å². The van der Waals surface area contributed by atoms with E-state index in [4.69, 9.17) is 0 Å². The molecule has 0 saturated carbocycles. The predicted molar refractivity (Wildman–Crippen MR) is 81.3 cm³/mol. The molecule has 1 aromatic carbocycles. The van der Waals surface area contributed by atoms with Crippen molar-refractivity contribution in [3.63, 3.8) is 0 Å². The summed E-state index contributed by atoms with van der Waals surface area (Å²) in [5.41, 5.74) is 2.10. The van der Waals surface area contributed by atoms with Crippen molar-refractivity contribution in [1.82, 2.24) is 10.6 Å².